The number of methoxy groups -OCH3 is 1. The zero-order chi connectivity index (χ0) is 12.0. The summed E-state index contributed by atoms with van der Waals surface area (Å²) in [6, 6.07) is 5.03. The third kappa shape index (κ3) is 3.87. The molecule has 2 N–H and O–H groups in total. The van der Waals surface area contributed by atoms with Crippen LogP contribution in [0.1, 0.15) is 18.7 Å². The van der Waals surface area contributed by atoms with E-state index in [1.54, 1.807) is 18.4 Å². The Labute approximate surface area is 102 Å². The van der Waals surface area contributed by atoms with Gasteiger partial charge in [0.15, 0.2) is 0 Å². The van der Waals surface area contributed by atoms with Crippen LogP contribution in [0.4, 0.5) is 0 Å². The summed E-state index contributed by atoms with van der Waals surface area (Å²) < 4.78 is 5.23. The first kappa shape index (κ1) is 13.6. The third-order valence-electron chi connectivity index (χ3n) is 2.68. The van der Waals surface area contributed by atoms with Crippen LogP contribution in [0.2, 0.25) is 0 Å². The van der Waals surface area contributed by atoms with Crippen LogP contribution in [-0.4, -0.2) is 37.2 Å². The molecule has 0 bridgehead atoms. The van der Waals surface area contributed by atoms with Crippen LogP contribution in [0.25, 0.3) is 0 Å². The number of thiophene rings is 1. The van der Waals surface area contributed by atoms with Gasteiger partial charge in [0.25, 0.3) is 0 Å². The second-order valence-corrected chi connectivity index (χ2v) is 5.22. The van der Waals surface area contributed by atoms with Crippen molar-refractivity contribution >= 4 is 11.3 Å². The van der Waals surface area contributed by atoms with Crippen molar-refractivity contribution in [2.45, 2.75) is 32.5 Å². The van der Waals surface area contributed by atoms with E-state index in [4.69, 9.17) is 10.5 Å². The summed E-state index contributed by atoms with van der Waals surface area (Å²) in [5.41, 5.74) is 5.81. The Morgan fingerprint density at radius 3 is 2.69 bits per heavy atom. The van der Waals surface area contributed by atoms with Crippen molar-refractivity contribution in [1.29, 1.82) is 0 Å². The second kappa shape index (κ2) is 7.01. The van der Waals surface area contributed by atoms with Crippen LogP contribution in [0, 0.1) is 0 Å². The number of ether oxygens (including phenoxy) is 1. The lowest BCUT2D eigenvalue weighted by Gasteiger charge is -2.33. The first-order valence-corrected chi connectivity index (χ1v) is 6.54. The van der Waals surface area contributed by atoms with E-state index in [1.807, 2.05) is 0 Å². The van der Waals surface area contributed by atoms with Crippen LogP contribution >= 0.6 is 11.3 Å². The fraction of sp³-hybridized carbons (Fsp3) is 0.667. The van der Waals surface area contributed by atoms with Gasteiger partial charge in [-0.3, -0.25) is 4.90 Å². The molecule has 0 aliphatic rings. The molecule has 0 amide bonds. The van der Waals surface area contributed by atoms with Crippen molar-refractivity contribution in [2.75, 3.05) is 20.3 Å². The predicted octanol–water partition coefficient (Wildman–Crippen LogP) is 1.93. The smallest absolute Gasteiger partial charge is 0.0630 e. The molecular formula is C12H22N2OS. The molecule has 16 heavy (non-hydrogen) atoms. The van der Waals surface area contributed by atoms with E-state index in [2.05, 4.69) is 36.3 Å². The van der Waals surface area contributed by atoms with Crippen molar-refractivity contribution in [1.82, 2.24) is 4.90 Å². The van der Waals surface area contributed by atoms with E-state index >= 15 is 0 Å². The first-order valence-electron chi connectivity index (χ1n) is 5.66. The molecule has 0 aliphatic heterocycles. The summed E-state index contributed by atoms with van der Waals surface area (Å²) >= 11 is 1.79. The van der Waals surface area contributed by atoms with Gasteiger partial charge in [0.1, 0.15) is 0 Å². The van der Waals surface area contributed by atoms with Gasteiger partial charge in [-0.15, -0.1) is 11.3 Å². The largest absolute Gasteiger partial charge is 0.383 e. The number of nitrogens with two attached hydrogens (primary N) is 1. The minimum atomic E-state index is 0.298. The Morgan fingerprint density at radius 1 is 1.50 bits per heavy atom. The van der Waals surface area contributed by atoms with Crippen molar-refractivity contribution in [2.24, 2.45) is 5.73 Å². The average molecular weight is 242 g/mol. The average Bonchev–Trinajstić information content (AvgIpc) is 2.75. The fourth-order valence-corrected chi connectivity index (χ4v) is 2.52. The highest BCUT2D eigenvalue weighted by atomic mass is 32.1. The van der Waals surface area contributed by atoms with Crippen molar-refractivity contribution in [3.63, 3.8) is 0 Å². The van der Waals surface area contributed by atoms with Crippen molar-refractivity contribution in [3.05, 3.63) is 22.4 Å². The Morgan fingerprint density at radius 2 is 2.25 bits per heavy atom. The molecule has 1 atom stereocenters. The molecule has 1 aromatic heterocycles. The Kier molecular flexibility index (Phi) is 5.98. The molecule has 3 nitrogen and oxygen atoms in total. The minimum Gasteiger partial charge on any atom is -0.383 e. The summed E-state index contributed by atoms with van der Waals surface area (Å²) in [6.45, 7) is 6.69. The number of hydrogen-bond acceptors (Lipinski definition) is 4. The van der Waals surface area contributed by atoms with Crippen molar-refractivity contribution < 1.29 is 4.74 Å². The molecule has 1 rings (SSSR count). The molecule has 1 unspecified atom stereocenters. The van der Waals surface area contributed by atoms with Crippen LogP contribution < -0.4 is 5.73 Å². The summed E-state index contributed by atoms with van der Waals surface area (Å²) in [6.07, 6.45) is 0. The van der Waals surface area contributed by atoms with Gasteiger partial charge in [-0.05, 0) is 25.3 Å². The minimum absolute atomic E-state index is 0.298. The SMILES string of the molecule is COCC(CN)N(Cc1cccs1)C(C)C. The lowest BCUT2D eigenvalue weighted by Crippen LogP contribution is -2.46. The quantitative estimate of drug-likeness (QED) is 0.794. The molecule has 0 radical (unpaired) electrons. The number of nitrogens with zero attached hydrogens (tertiary/aromatic N) is 1. The molecule has 0 fully saturated rings. The predicted molar refractivity (Wildman–Crippen MR) is 69.7 cm³/mol. The fourth-order valence-electron chi connectivity index (χ4n) is 1.81. The van der Waals surface area contributed by atoms with Gasteiger partial charge in [0.05, 0.1) is 6.61 Å². The van der Waals surface area contributed by atoms with Crippen LogP contribution in [0.5, 0.6) is 0 Å². The molecule has 92 valence electrons. The monoisotopic (exact) mass is 242 g/mol. The Balaban J connectivity index is 2.65. The zero-order valence-corrected chi connectivity index (χ0v) is 11.2. The van der Waals surface area contributed by atoms with Gasteiger partial charge < -0.3 is 10.5 Å². The third-order valence-corrected chi connectivity index (χ3v) is 3.54. The Hall–Kier alpha value is -0.420. The van der Waals surface area contributed by atoms with Crippen LogP contribution in [0.15, 0.2) is 17.5 Å². The molecule has 0 saturated carbocycles. The molecule has 1 aromatic rings. The van der Waals surface area contributed by atoms with E-state index in [0.717, 1.165) is 6.54 Å². The Bertz CT molecular complexity index is 275. The van der Waals surface area contributed by atoms with Crippen LogP contribution in [-0.2, 0) is 11.3 Å². The molecule has 0 aromatic carbocycles. The summed E-state index contributed by atoms with van der Waals surface area (Å²) in [4.78, 5) is 3.78. The van der Waals surface area contributed by atoms with Crippen molar-refractivity contribution in [3.8, 4) is 0 Å². The second-order valence-electron chi connectivity index (χ2n) is 4.19. The standard InChI is InChI=1S/C12H22N2OS/c1-10(2)14(11(7-13)9-15-3)8-12-5-4-6-16-12/h4-6,10-11H,7-9,13H2,1-3H3. The highest BCUT2D eigenvalue weighted by Crippen LogP contribution is 2.16. The molecule has 0 spiro atoms. The maximum Gasteiger partial charge on any atom is 0.0630 e. The highest BCUT2D eigenvalue weighted by molar-refractivity contribution is 7.09. The topological polar surface area (TPSA) is 38.5 Å². The maximum absolute atomic E-state index is 5.81. The molecule has 1 heterocycles. The maximum atomic E-state index is 5.81. The van der Waals surface area contributed by atoms with Gasteiger partial charge in [0.2, 0.25) is 0 Å². The molecular weight excluding hydrogens is 220 g/mol. The molecule has 0 saturated heterocycles. The normalized spacial score (nSPS) is 13.6. The van der Waals surface area contributed by atoms with E-state index < -0.39 is 0 Å². The summed E-state index contributed by atoms with van der Waals surface area (Å²) in [5, 5.41) is 2.11. The van der Waals surface area contributed by atoms with Gasteiger partial charge in [-0.2, -0.15) is 0 Å². The first-order chi connectivity index (χ1) is 7.69. The van der Waals surface area contributed by atoms with Gasteiger partial charge in [0, 0.05) is 37.2 Å². The lowest BCUT2D eigenvalue weighted by atomic mass is 10.2. The van der Waals surface area contributed by atoms with Gasteiger partial charge in [-0.25, -0.2) is 0 Å². The summed E-state index contributed by atoms with van der Waals surface area (Å²) in [5.74, 6) is 0. The zero-order valence-electron chi connectivity index (χ0n) is 10.3. The lowest BCUT2D eigenvalue weighted by molar-refractivity contribution is 0.0693. The number of rotatable bonds is 7. The summed E-state index contributed by atoms with van der Waals surface area (Å²) in [7, 11) is 1.73. The number of hydrogen-bond donors (Lipinski definition) is 1. The van der Waals surface area contributed by atoms with E-state index in [0.29, 0.717) is 25.2 Å². The highest BCUT2D eigenvalue weighted by Gasteiger charge is 2.20. The van der Waals surface area contributed by atoms with E-state index in [1.165, 1.54) is 4.88 Å². The van der Waals surface area contributed by atoms with E-state index in [9.17, 15) is 0 Å². The molecule has 4 heteroatoms. The van der Waals surface area contributed by atoms with Crippen LogP contribution in [0.3, 0.4) is 0 Å². The van der Waals surface area contributed by atoms with E-state index in [-0.39, 0.29) is 0 Å². The van der Waals surface area contributed by atoms with Gasteiger partial charge >= 0.3 is 0 Å². The molecule has 0 aliphatic carbocycles. The van der Waals surface area contributed by atoms with Gasteiger partial charge in [-0.1, -0.05) is 6.07 Å².